The number of nitrogens with zero attached hydrogens (tertiary/aromatic N) is 2. The lowest BCUT2D eigenvalue weighted by Gasteiger charge is -2.35. The van der Waals surface area contributed by atoms with Crippen LogP contribution in [0.2, 0.25) is 0 Å². The van der Waals surface area contributed by atoms with Gasteiger partial charge in [-0.25, -0.2) is 4.79 Å². The van der Waals surface area contributed by atoms with E-state index in [1.165, 1.54) is 5.69 Å². The number of likely N-dealkylation sites (N-methyl/N-ethyl adjacent to an activating group) is 1. The van der Waals surface area contributed by atoms with Gasteiger partial charge in [-0.1, -0.05) is 25.1 Å². The highest BCUT2D eigenvalue weighted by Gasteiger charge is 2.19. The minimum atomic E-state index is -0.552. The highest BCUT2D eigenvalue weighted by molar-refractivity contribution is 6.03. The number of aryl methyl sites for hydroxylation is 1. The first-order valence-corrected chi connectivity index (χ1v) is 10.5. The molecule has 7 heteroatoms. The van der Waals surface area contributed by atoms with Gasteiger partial charge in [-0.3, -0.25) is 10.1 Å². The van der Waals surface area contributed by atoms with E-state index < -0.39 is 12.1 Å². The number of amides is 3. The maximum Gasteiger partial charge on any atom is 0.325 e. The summed E-state index contributed by atoms with van der Waals surface area (Å²) >= 11 is 0. The summed E-state index contributed by atoms with van der Waals surface area (Å²) in [5.74, 6) is -0.386. The van der Waals surface area contributed by atoms with Gasteiger partial charge in [0.2, 0.25) is 5.91 Å². The molecule has 1 atom stereocenters. The molecule has 1 fully saturated rings. The van der Waals surface area contributed by atoms with E-state index in [4.69, 9.17) is 0 Å². The van der Waals surface area contributed by atoms with Crippen LogP contribution in [0.15, 0.2) is 48.5 Å². The maximum atomic E-state index is 12.4. The van der Waals surface area contributed by atoms with Crippen molar-refractivity contribution in [2.75, 3.05) is 48.3 Å². The molecule has 0 aliphatic carbocycles. The third-order valence-electron chi connectivity index (χ3n) is 5.43. The monoisotopic (exact) mass is 409 g/mol. The van der Waals surface area contributed by atoms with Crippen LogP contribution in [-0.2, 0) is 4.79 Å². The predicted molar refractivity (Wildman–Crippen MR) is 122 cm³/mol. The summed E-state index contributed by atoms with van der Waals surface area (Å²) in [6.07, 6.45) is 0. The second kappa shape index (κ2) is 10.1. The van der Waals surface area contributed by atoms with Crippen LogP contribution in [0.4, 0.5) is 21.9 Å². The number of imide groups is 1. The molecule has 3 rings (SSSR count). The van der Waals surface area contributed by atoms with E-state index in [9.17, 15) is 9.59 Å². The summed E-state index contributed by atoms with van der Waals surface area (Å²) < 4.78 is 0. The zero-order valence-electron chi connectivity index (χ0n) is 17.9. The molecule has 1 saturated heterocycles. The van der Waals surface area contributed by atoms with E-state index in [1.807, 2.05) is 31.2 Å². The van der Waals surface area contributed by atoms with Crippen LogP contribution in [-0.4, -0.2) is 55.6 Å². The molecule has 0 aromatic heterocycles. The molecule has 3 amide bonds. The number of hydrogen-bond donors (Lipinski definition) is 3. The maximum absolute atomic E-state index is 12.4. The van der Waals surface area contributed by atoms with Crippen LogP contribution in [0.25, 0.3) is 0 Å². The summed E-state index contributed by atoms with van der Waals surface area (Å²) in [6.45, 7) is 11.3. The molecule has 160 valence electrons. The highest BCUT2D eigenvalue weighted by atomic mass is 16.2. The minimum Gasteiger partial charge on any atom is -0.374 e. The van der Waals surface area contributed by atoms with Gasteiger partial charge in [-0.2, -0.15) is 0 Å². The molecule has 1 aliphatic rings. The van der Waals surface area contributed by atoms with Gasteiger partial charge in [-0.05, 0) is 56.3 Å². The second-order valence-corrected chi connectivity index (χ2v) is 7.60. The van der Waals surface area contributed by atoms with Gasteiger partial charge in [-0.15, -0.1) is 0 Å². The van der Waals surface area contributed by atoms with Crippen molar-refractivity contribution in [3.05, 3.63) is 54.1 Å². The lowest BCUT2D eigenvalue weighted by Crippen LogP contribution is -2.46. The van der Waals surface area contributed by atoms with Gasteiger partial charge in [0.1, 0.15) is 6.04 Å². The van der Waals surface area contributed by atoms with Crippen molar-refractivity contribution >= 4 is 29.0 Å². The summed E-state index contributed by atoms with van der Waals surface area (Å²) in [5.41, 5.74) is 3.79. The third kappa shape index (κ3) is 5.73. The Morgan fingerprint density at radius 1 is 1.03 bits per heavy atom. The number of para-hydroxylation sites is 1. The second-order valence-electron chi connectivity index (χ2n) is 7.60. The number of carbonyl (C=O) groups is 2. The Morgan fingerprint density at radius 2 is 1.73 bits per heavy atom. The first-order chi connectivity index (χ1) is 14.5. The number of anilines is 3. The van der Waals surface area contributed by atoms with E-state index >= 15 is 0 Å². The van der Waals surface area contributed by atoms with E-state index in [0.29, 0.717) is 5.69 Å². The van der Waals surface area contributed by atoms with Gasteiger partial charge in [0.05, 0.1) is 0 Å². The Balaban J connectivity index is 1.53. The Bertz CT molecular complexity index is 863. The molecule has 1 heterocycles. The molecule has 0 bridgehead atoms. The van der Waals surface area contributed by atoms with E-state index in [2.05, 4.69) is 44.8 Å². The molecule has 1 unspecified atom stereocenters. The summed E-state index contributed by atoms with van der Waals surface area (Å²) in [6, 6.07) is 14.2. The van der Waals surface area contributed by atoms with Crippen LogP contribution in [0.3, 0.4) is 0 Å². The standard InChI is InChI=1S/C23H31N5O2/c1-4-27-12-14-28(15-13-27)20-10-11-21(17(2)16-20)24-18(3)22(29)26-23(30)25-19-8-6-5-7-9-19/h5-11,16,18,24H,4,12-15H2,1-3H3,(H2,25,26,29,30). The number of urea groups is 1. The third-order valence-corrected chi connectivity index (χ3v) is 5.43. The molecule has 0 saturated carbocycles. The van der Waals surface area contributed by atoms with Crippen LogP contribution in [0, 0.1) is 6.92 Å². The Kier molecular flexibility index (Phi) is 7.30. The Morgan fingerprint density at radius 3 is 2.37 bits per heavy atom. The van der Waals surface area contributed by atoms with Crippen molar-refractivity contribution in [1.82, 2.24) is 10.2 Å². The van der Waals surface area contributed by atoms with E-state index in [-0.39, 0.29) is 5.91 Å². The summed E-state index contributed by atoms with van der Waals surface area (Å²) in [5, 5.41) is 8.23. The predicted octanol–water partition coefficient (Wildman–Crippen LogP) is 3.29. The van der Waals surface area contributed by atoms with Crippen LogP contribution >= 0.6 is 0 Å². The minimum absolute atomic E-state index is 0.386. The lowest BCUT2D eigenvalue weighted by molar-refractivity contribution is -0.120. The lowest BCUT2D eigenvalue weighted by atomic mass is 10.1. The molecule has 1 aliphatic heterocycles. The normalized spacial score (nSPS) is 15.4. The number of carbonyl (C=O) groups excluding carboxylic acids is 2. The number of rotatable bonds is 6. The van der Waals surface area contributed by atoms with Crippen LogP contribution < -0.4 is 20.9 Å². The van der Waals surface area contributed by atoms with Gasteiger partial charge < -0.3 is 20.4 Å². The van der Waals surface area contributed by atoms with E-state index in [0.717, 1.165) is 44.0 Å². The molecule has 0 spiro atoms. The fourth-order valence-corrected chi connectivity index (χ4v) is 3.53. The average molecular weight is 410 g/mol. The molecule has 2 aromatic rings. The molecular formula is C23H31N5O2. The molecule has 3 N–H and O–H groups in total. The van der Waals surface area contributed by atoms with Gasteiger partial charge in [0.15, 0.2) is 0 Å². The van der Waals surface area contributed by atoms with Crippen molar-refractivity contribution in [2.24, 2.45) is 0 Å². The topological polar surface area (TPSA) is 76.7 Å². The summed E-state index contributed by atoms with van der Waals surface area (Å²) in [7, 11) is 0. The van der Waals surface area contributed by atoms with Crippen molar-refractivity contribution in [3.63, 3.8) is 0 Å². The number of piperazine rings is 1. The SMILES string of the molecule is CCN1CCN(c2ccc(NC(C)C(=O)NC(=O)Nc3ccccc3)c(C)c2)CC1. The number of nitrogens with one attached hydrogen (secondary N) is 3. The van der Waals surface area contributed by atoms with Crippen LogP contribution in [0.5, 0.6) is 0 Å². The van der Waals surface area contributed by atoms with E-state index in [1.54, 1.807) is 19.1 Å². The Hall–Kier alpha value is -3.06. The smallest absolute Gasteiger partial charge is 0.325 e. The summed E-state index contributed by atoms with van der Waals surface area (Å²) in [4.78, 5) is 29.3. The van der Waals surface area contributed by atoms with Crippen molar-refractivity contribution in [3.8, 4) is 0 Å². The first kappa shape index (κ1) is 21.6. The van der Waals surface area contributed by atoms with Crippen molar-refractivity contribution in [2.45, 2.75) is 26.8 Å². The van der Waals surface area contributed by atoms with Gasteiger partial charge in [0.25, 0.3) is 0 Å². The van der Waals surface area contributed by atoms with Crippen LogP contribution in [0.1, 0.15) is 19.4 Å². The van der Waals surface area contributed by atoms with Crippen molar-refractivity contribution in [1.29, 1.82) is 0 Å². The molecule has 7 nitrogen and oxygen atoms in total. The first-order valence-electron chi connectivity index (χ1n) is 10.5. The highest BCUT2D eigenvalue weighted by Crippen LogP contribution is 2.24. The number of hydrogen-bond acceptors (Lipinski definition) is 5. The number of benzene rings is 2. The molecular weight excluding hydrogens is 378 g/mol. The fourth-order valence-electron chi connectivity index (χ4n) is 3.53. The zero-order valence-corrected chi connectivity index (χ0v) is 17.9. The molecule has 2 aromatic carbocycles. The van der Waals surface area contributed by atoms with Gasteiger partial charge in [0, 0.05) is 43.2 Å². The quantitative estimate of drug-likeness (QED) is 0.683. The zero-order chi connectivity index (χ0) is 21.5. The molecule has 0 radical (unpaired) electrons. The van der Waals surface area contributed by atoms with Crippen molar-refractivity contribution < 1.29 is 9.59 Å². The Labute approximate surface area is 178 Å². The average Bonchev–Trinajstić information content (AvgIpc) is 2.75. The van der Waals surface area contributed by atoms with Gasteiger partial charge >= 0.3 is 6.03 Å². The largest absolute Gasteiger partial charge is 0.374 e. The fraction of sp³-hybridized carbons (Fsp3) is 0.391. The molecule has 30 heavy (non-hydrogen) atoms.